The van der Waals surface area contributed by atoms with Crippen molar-refractivity contribution in [3.63, 3.8) is 0 Å². The van der Waals surface area contributed by atoms with Crippen LogP contribution in [0.1, 0.15) is 18.5 Å². The molecule has 3 rings (SSSR count). The number of amides is 2. The van der Waals surface area contributed by atoms with Gasteiger partial charge in [-0.2, -0.15) is 5.10 Å². The average molecular weight is 319 g/mol. The highest BCUT2D eigenvalue weighted by molar-refractivity contribution is 5.74. The summed E-state index contributed by atoms with van der Waals surface area (Å²) >= 11 is 0. The standard InChI is InChI=1S/C16H25N5O2/c1-13-5-6-15(18-17-13)23-14-4-3-7-21(12-14)16(22)20-10-8-19(2)9-11-20/h5-6,14H,3-4,7-12H2,1-2H3/t14-/m1/s1. The van der Waals surface area contributed by atoms with Crippen LogP contribution in [0.5, 0.6) is 5.88 Å². The third-order valence-electron chi connectivity index (χ3n) is 4.48. The van der Waals surface area contributed by atoms with E-state index in [9.17, 15) is 4.79 Å². The quantitative estimate of drug-likeness (QED) is 0.814. The number of ether oxygens (including phenoxy) is 1. The van der Waals surface area contributed by atoms with E-state index in [1.165, 1.54) is 0 Å². The highest BCUT2D eigenvalue weighted by atomic mass is 16.5. The Labute approximate surface area is 137 Å². The van der Waals surface area contributed by atoms with Crippen molar-refractivity contribution in [1.29, 1.82) is 0 Å². The number of piperazine rings is 1. The molecule has 1 aromatic heterocycles. The summed E-state index contributed by atoms with van der Waals surface area (Å²) in [5.74, 6) is 0.537. The number of nitrogens with zero attached hydrogens (tertiary/aromatic N) is 5. The van der Waals surface area contributed by atoms with Crippen LogP contribution in [0.3, 0.4) is 0 Å². The summed E-state index contributed by atoms with van der Waals surface area (Å²) in [6.07, 6.45) is 1.91. The number of rotatable bonds is 2. The molecule has 2 amide bonds. The summed E-state index contributed by atoms with van der Waals surface area (Å²) in [6.45, 7) is 6.83. The monoisotopic (exact) mass is 319 g/mol. The molecule has 0 spiro atoms. The fourth-order valence-corrected chi connectivity index (χ4v) is 3.03. The number of hydrogen-bond donors (Lipinski definition) is 0. The van der Waals surface area contributed by atoms with Gasteiger partial charge in [0.1, 0.15) is 6.10 Å². The molecule has 0 radical (unpaired) electrons. The Balaban J connectivity index is 1.55. The minimum absolute atomic E-state index is 0.00262. The van der Waals surface area contributed by atoms with Crippen LogP contribution in [-0.2, 0) is 0 Å². The number of piperidine rings is 1. The van der Waals surface area contributed by atoms with Crippen LogP contribution in [0.25, 0.3) is 0 Å². The van der Waals surface area contributed by atoms with Gasteiger partial charge in [0, 0.05) is 38.8 Å². The Bertz CT molecular complexity index is 528. The lowest BCUT2D eigenvalue weighted by Crippen LogP contribution is -2.54. The average Bonchev–Trinajstić information content (AvgIpc) is 2.57. The molecule has 3 heterocycles. The van der Waals surface area contributed by atoms with Crippen molar-refractivity contribution in [2.45, 2.75) is 25.9 Å². The third kappa shape index (κ3) is 4.10. The molecule has 1 aromatic rings. The van der Waals surface area contributed by atoms with Gasteiger partial charge in [0.25, 0.3) is 0 Å². The van der Waals surface area contributed by atoms with Crippen molar-refractivity contribution >= 4 is 6.03 Å². The van der Waals surface area contributed by atoms with E-state index < -0.39 is 0 Å². The molecular weight excluding hydrogens is 294 g/mol. The molecule has 2 fully saturated rings. The van der Waals surface area contributed by atoms with E-state index in [0.29, 0.717) is 12.4 Å². The number of hydrogen-bond acceptors (Lipinski definition) is 5. The maximum atomic E-state index is 12.7. The van der Waals surface area contributed by atoms with Crippen molar-refractivity contribution in [3.05, 3.63) is 17.8 Å². The Hall–Kier alpha value is -1.89. The Morgan fingerprint density at radius 1 is 1.13 bits per heavy atom. The molecule has 2 aliphatic heterocycles. The second kappa shape index (κ2) is 7.12. The predicted octanol–water partition coefficient (Wildman–Crippen LogP) is 0.996. The smallest absolute Gasteiger partial charge is 0.320 e. The van der Waals surface area contributed by atoms with Crippen LogP contribution >= 0.6 is 0 Å². The maximum Gasteiger partial charge on any atom is 0.320 e. The second-order valence-electron chi connectivity index (χ2n) is 6.41. The van der Waals surface area contributed by atoms with Crippen molar-refractivity contribution in [1.82, 2.24) is 24.9 Å². The first kappa shape index (κ1) is 16.0. The molecule has 0 aromatic carbocycles. The molecule has 0 saturated carbocycles. The van der Waals surface area contributed by atoms with Crippen LogP contribution in [0.2, 0.25) is 0 Å². The van der Waals surface area contributed by atoms with Gasteiger partial charge in [0.05, 0.1) is 12.2 Å². The summed E-state index contributed by atoms with van der Waals surface area (Å²) < 4.78 is 5.90. The summed E-state index contributed by atoms with van der Waals surface area (Å²) in [6, 6.07) is 3.86. The van der Waals surface area contributed by atoms with E-state index >= 15 is 0 Å². The first-order valence-electron chi connectivity index (χ1n) is 8.31. The highest BCUT2D eigenvalue weighted by Crippen LogP contribution is 2.18. The fraction of sp³-hybridized carbons (Fsp3) is 0.688. The van der Waals surface area contributed by atoms with Crippen LogP contribution < -0.4 is 4.74 Å². The van der Waals surface area contributed by atoms with Crippen molar-refractivity contribution in [2.24, 2.45) is 0 Å². The number of aryl methyl sites for hydroxylation is 1. The van der Waals surface area contributed by atoms with E-state index in [1.807, 2.05) is 28.9 Å². The Morgan fingerprint density at radius 3 is 2.61 bits per heavy atom. The summed E-state index contributed by atoms with van der Waals surface area (Å²) in [4.78, 5) is 18.8. The van der Waals surface area contributed by atoms with Gasteiger partial charge in [-0.25, -0.2) is 4.79 Å². The zero-order chi connectivity index (χ0) is 16.2. The number of urea groups is 1. The van der Waals surface area contributed by atoms with Gasteiger partial charge in [-0.15, -0.1) is 5.10 Å². The first-order valence-corrected chi connectivity index (χ1v) is 8.31. The van der Waals surface area contributed by atoms with Gasteiger partial charge >= 0.3 is 6.03 Å². The van der Waals surface area contributed by atoms with Crippen LogP contribution in [-0.4, -0.2) is 83.3 Å². The Morgan fingerprint density at radius 2 is 1.91 bits per heavy atom. The molecule has 0 N–H and O–H groups in total. The normalized spacial score (nSPS) is 23.0. The van der Waals surface area contributed by atoms with E-state index in [1.54, 1.807) is 0 Å². The Kier molecular flexibility index (Phi) is 4.95. The fourth-order valence-electron chi connectivity index (χ4n) is 3.03. The zero-order valence-corrected chi connectivity index (χ0v) is 13.9. The molecule has 0 unspecified atom stereocenters. The molecule has 1 atom stereocenters. The van der Waals surface area contributed by atoms with Crippen LogP contribution in [0.15, 0.2) is 12.1 Å². The van der Waals surface area contributed by atoms with E-state index in [0.717, 1.165) is 51.3 Å². The van der Waals surface area contributed by atoms with Crippen molar-refractivity contribution < 1.29 is 9.53 Å². The highest BCUT2D eigenvalue weighted by Gasteiger charge is 2.29. The minimum atomic E-state index is -0.00262. The summed E-state index contributed by atoms with van der Waals surface area (Å²) in [5.41, 5.74) is 0.868. The lowest BCUT2D eigenvalue weighted by atomic mass is 10.1. The first-order chi connectivity index (χ1) is 11.1. The van der Waals surface area contributed by atoms with Crippen LogP contribution in [0.4, 0.5) is 4.79 Å². The van der Waals surface area contributed by atoms with Gasteiger partial charge in [-0.05, 0) is 32.9 Å². The zero-order valence-electron chi connectivity index (χ0n) is 13.9. The SMILES string of the molecule is Cc1ccc(O[C@@H]2CCCN(C(=O)N3CCN(C)CC3)C2)nn1. The van der Waals surface area contributed by atoms with Gasteiger partial charge in [-0.1, -0.05) is 0 Å². The number of carbonyl (C=O) groups is 1. The number of likely N-dealkylation sites (tertiary alicyclic amines) is 1. The predicted molar refractivity (Wildman–Crippen MR) is 86.5 cm³/mol. The molecule has 2 saturated heterocycles. The van der Waals surface area contributed by atoms with Gasteiger partial charge in [0.2, 0.25) is 5.88 Å². The molecule has 7 nitrogen and oxygen atoms in total. The number of aromatic nitrogens is 2. The topological polar surface area (TPSA) is 61.8 Å². The molecule has 0 bridgehead atoms. The third-order valence-corrected chi connectivity index (χ3v) is 4.48. The largest absolute Gasteiger partial charge is 0.471 e. The molecule has 7 heteroatoms. The molecule has 0 aliphatic carbocycles. The summed E-state index contributed by atoms with van der Waals surface area (Å²) in [5, 5.41) is 8.06. The molecule has 2 aliphatic rings. The lowest BCUT2D eigenvalue weighted by Gasteiger charge is -2.39. The van der Waals surface area contributed by atoms with Crippen molar-refractivity contribution in [2.75, 3.05) is 46.3 Å². The molecular formula is C16H25N5O2. The lowest BCUT2D eigenvalue weighted by molar-refractivity contribution is 0.0726. The molecule has 126 valence electrons. The number of carbonyl (C=O) groups excluding carboxylic acids is 1. The van der Waals surface area contributed by atoms with Crippen molar-refractivity contribution in [3.8, 4) is 5.88 Å². The van der Waals surface area contributed by atoms with E-state index in [2.05, 4.69) is 22.1 Å². The number of likely N-dealkylation sites (N-methyl/N-ethyl adjacent to an activating group) is 1. The van der Waals surface area contributed by atoms with E-state index in [-0.39, 0.29) is 12.1 Å². The molecule has 23 heavy (non-hydrogen) atoms. The van der Waals surface area contributed by atoms with Crippen LogP contribution in [0, 0.1) is 6.92 Å². The second-order valence-corrected chi connectivity index (χ2v) is 6.41. The minimum Gasteiger partial charge on any atom is -0.471 e. The van der Waals surface area contributed by atoms with E-state index in [4.69, 9.17) is 4.74 Å². The van der Waals surface area contributed by atoms with Gasteiger partial charge in [-0.3, -0.25) is 0 Å². The van der Waals surface area contributed by atoms with Gasteiger partial charge in [0.15, 0.2) is 0 Å². The maximum absolute atomic E-state index is 12.7. The van der Waals surface area contributed by atoms with Gasteiger partial charge < -0.3 is 19.4 Å². The summed E-state index contributed by atoms with van der Waals surface area (Å²) in [7, 11) is 2.09.